The number of benzene rings is 1. The van der Waals surface area contributed by atoms with Gasteiger partial charge in [-0.2, -0.15) is 0 Å². The van der Waals surface area contributed by atoms with E-state index in [0.717, 1.165) is 27.7 Å². The number of ether oxygens (including phenoxy) is 1. The van der Waals surface area contributed by atoms with Crippen molar-refractivity contribution in [3.8, 4) is 11.3 Å². The summed E-state index contributed by atoms with van der Waals surface area (Å²) < 4.78 is 6.82. The summed E-state index contributed by atoms with van der Waals surface area (Å²) in [4.78, 5) is 20.6. The van der Waals surface area contributed by atoms with E-state index in [4.69, 9.17) is 16.3 Å². The van der Waals surface area contributed by atoms with Crippen molar-refractivity contribution < 1.29 is 9.53 Å². The normalized spacial score (nSPS) is 18.3. The third kappa shape index (κ3) is 3.73. The van der Waals surface area contributed by atoms with E-state index in [9.17, 15) is 4.79 Å². The van der Waals surface area contributed by atoms with Gasteiger partial charge in [0.15, 0.2) is 0 Å². The average Bonchev–Trinajstić information content (AvgIpc) is 3.41. The Morgan fingerprint density at radius 2 is 2.00 bits per heavy atom. The molecule has 0 bridgehead atoms. The number of carbonyl (C=O) groups excluding carboxylic acids is 1. The van der Waals surface area contributed by atoms with Crippen LogP contribution in [0.15, 0.2) is 59.0 Å². The van der Waals surface area contributed by atoms with Crippen molar-refractivity contribution in [3.63, 3.8) is 0 Å². The summed E-state index contributed by atoms with van der Waals surface area (Å²) >= 11 is 7.47. The lowest BCUT2D eigenvalue weighted by Crippen LogP contribution is -2.03. The summed E-state index contributed by atoms with van der Waals surface area (Å²) in [5.41, 5.74) is 3.11. The Hall–Kier alpha value is -2.31. The van der Waals surface area contributed by atoms with Crippen LogP contribution in [0, 0.1) is 5.92 Å². The zero-order valence-electron chi connectivity index (χ0n) is 14.9. The molecule has 7 heteroatoms. The Labute approximate surface area is 166 Å². The molecule has 1 aliphatic carbocycles. The summed E-state index contributed by atoms with van der Waals surface area (Å²) in [6.07, 6.45) is 4.30. The molecule has 0 saturated heterocycles. The molecule has 0 spiro atoms. The molecule has 1 aromatic carbocycles. The molecule has 0 N–H and O–H groups in total. The van der Waals surface area contributed by atoms with E-state index in [2.05, 4.69) is 34.2 Å². The molecule has 0 aliphatic heterocycles. The maximum atomic E-state index is 11.6. The van der Waals surface area contributed by atoms with Gasteiger partial charge in [-0.1, -0.05) is 35.9 Å². The van der Waals surface area contributed by atoms with Crippen LogP contribution in [0.5, 0.6) is 0 Å². The predicted molar refractivity (Wildman–Crippen MR) is 105 cm³/mol. The molecular weight excluding hydrogens is 382 g/mol. The monoisotopic (exact) mass is 399 g/mol. The van der Waals surface area contributed by atoms with Crippen LogP contribution >= 0.6 is 23.4 Å². The average molecular weight is 400 g/mol. The van der Waals surface area contributed by atoms with E-state index in [0.29, 0.717) is 5.02 Å². The second-order valence-corrected chi connectivity index (χ2v) is 7.97. The molecule has 0 radical (unpaired) electrons. The maximum absolute atomic E-state index is 11.6. The van der Waals surface area contributed by atoms with Crippen LogP contribution in [0.1, 0.15) is 17.9 Å². The van der Waals surface area contributed by atoms with Crippen LogP contribution < -0.4 is 0 Å². The Morgan fingerprint density at radius 1 is 1.22 bits per heavy atom. The van der Waals surface area contributed by atoms with Gasteiger partial charge in [0.25, 0.3) is 0 Å². The summed E-state index contributed by atoms with van der Waals surface area (Å²) in [6, 6.07) is 12.0. The van der Waals surface area contributed by atoms with Crippen LogP contribution in [0.25, 0.3) is 11.3 Å². The first-order valence-electron chi connectivity index (χ1n) is 8.55. The Kier molecular flexibility index (Phi) is 4.93. The van der Waals surface area contributed by atoms with Crippen LogP contribution in [-0.2, 0) is 16.6 Å². The summed E-state index contributed by atoms with van der Waals surface area (Å²) in [5, 5.41) is 2.49. The standard InChI is InChI=1S/C20H18ClN3O2S/c1-24-11-23-18(19(24)27-17-8-7-14(21)10-22-17)13-5-3-12(4-6-13)15-9-16(15)20(25)26-2/h3-8,10-11,15-16H,9H2,1-2H3. The molecule has 0 amide bonds. The first-order valence-corrected chi connectivity index (χ1v) is 9.75. The molecule has 27 heavy (non-hydrogen) atoms. The van der Waals surface area contributed by atoms with Gasteiger partial charge in [0, 0.05) is 18.8 Å². The van der Waals surface area contributed by atoms with Crippen molar-refractivity contribution in [1.29, 1.82) is 0 Å². The molecule has 2 atom stereocenters. The summed E-state index contributed by atoms with van der Waals surface area (Å²) in [5.74, 6) is 0.142. The Morgan fingerprint density at radius 3 is 2.67 bits per heavy atom. The number of methoxy groups -OCH3 is 1. The van der Waals surface area contributed by atoms with Crippen molar-refractivity contribution >= 4 is 29.3 Å². The number of esters is 1. The van der Waals surface area contributed by atoms with Crippen molar-refractivity contribution in [2.24, 2.45) is 13.0 Å². The number of nitrogens with zero attached hydrogens (tertiary/aromatic N) is 3. The maximum Gasteiger partial charge on any atom is 0.309 e. The Balaban J connectivity index is 1.56. The van der Waals surface area contributed by atoms with Crippen LogP contribution in [-0.4, -0.2) is 27.6 Å². The fraction of sp³-hybridized carbons (Fsp3) is 0.250. The molecule has 138 valence electrons. The molecule has 2 aromatic heterocycles. The second-order valence-electron chi connectivity index (χ2n) is 6.52. The molecule has 1 aliphatic rings. The van der Waals surface area contributed by atoms with Crippen molar-refractivity contribution in [3.05, 3.63) is 59.5 Å². The molecule has 1 fully saturated rings. The molecule has 3 aromatic rings. The Bertz CT molecular complexity index is 970. The number of hydrogen-bond acceptors (Lipinski definition) is 5. The zero-order valence-corrected chi connectivity index (χ0v) is 16.5. The van der Waals surface area contributed by atoms with Gasteiger partial charge < -0.3 is 9.30 Å². The first-order chi connectivity index (χ1) is 13.1. The van der Waals surface area contributed by atoms with E-state index in [1.54, 1.807) is 24.3 Å². The minimum atomic E-state index is -0.122. The summed E-state index contributed by atoms with van der Waals surface area (Å²) in [7, 11) is 3.41. The molecule has 5 nitrogen and oxygen atoms in total. The minimum absolute atomic E-state index is 0.00204. The highest BCUT2D eigenvalue weighted by Crippen LogP contribution is 2.48. The quantitative estimate of drug-likeness (QED) is 0.588. The number of halogens is 1. The van der Waals surface area contributed by atoms with E-state index >= 15 is 0 Å². The lowest BCUT2D eigenvalue weighted by atomic mass is 10.1. The van der Waals surface area contributed by atoms with Crippen LogP contribution in [0.2, 0.25) is 5.02 Å². The molecule has 4 rings (SSSR count). The molecular formula is C20H18ClN3O2S. The van der Waals surface area contributed by atoms with Crippen molar-refractivity contribution in [2.75, 3.05) is 7.11 Å². The van der Waals surface area contributed by atoms with Gasteiger partial charge in [-0.3, -0.25) is 4.79 Å². The lowest BCUT2D eigenvalue weighted by Gasteiger charge is -2.07. The number of rotatable bonds is 5. The number of aryl methyl sites for hydroxylation is 1. The van der Waals surface area contributed by atoms with Gasteiger partial charge in [-0.05, 0) is 41.8 Å². The zero-order chi connectivity index (χ0) is 19.0. The largest absolute Gasteiger partial charge is 0.469 e. The second kappa shape index (κ2) is 7.37. The smallest absolute Gasteiger partial charge is 0.309 e. The van der Waals surface area contributed by atoms with E-state index < -0.39 is 0 Å². The van der Waals surface area contributed by atoms with E-state index in [-0.39, 0.29) is 17.8 Å². The van der Waals surface area contributed by atoms with Gasteiger partial charge in [0.05, 0.1) is 24.4 Å². The van der Waals surface area contributed by atoms with Crippen LogP contribution in [0.3, 0.4) is 0 Å². The van der Waals surface area contributed by atoms with Gasteiger partial charge in [-0.15, -0.1) is 0 Å². The highest BCUT2D eigenvalue weighted by Gasteiger charge is 2.44. The summed E-state index contributed by atoms with van der Waals surface area (Å²) in [6.45, 7) is 0. The molecule has 2 heterocycles. The van der Waals surface area contributed by atoms with E-state index in [1.807, 2.05) is 23.7 Å². The number of imidazole rings is 1. The minimum Gasteiger partial charge on any atom is -0.469 e. The van der Waals surface area contributed by atoms with Gasteiger partial charge in [-0.25, -0.2) is 9.97 Å². The highest BCUT2D eigenvalue weighted by atomic mass is 35.5. The third-order valence-corrected chi connectivity index (χ3v) is 6.04. The SMILES string of the molecule is COC(=O)C1CC1c1ccc(-c2ncn(C)c2Sc2ccc(Cl)cn2)cc1. The van der Waals surface area contributed by atoms with E-state index in [1.165, 1.54) is 12.7 Å². The third-order valence-electron chi connectivity index (χ3n) is 4.69. The topological polar surface area (TPSA) is 57.0 Å². The first kappa shape index (κ1) is 18.1. The van der Waals surface area contributed by atoms with Gasteiger partial charge >= 0.3 is 5.97 Å². The number of carbonyl (C=O) groups is 1. The molecule has 2 unspecified atom stereocenters. The molecule has 1 saturated carbocycles. The number of aromatic nitrogens is 3. The lowest BCUT2D eigenvalue weighted by molar-refractivity contribution is -0.142. The fourth-order valence-electron chi connectivity index (χ4n) is 3.12. The predicted octanol–water partition coefficient (Wildman–Crippen LogP) is 4.56. The fourth-order valence-corrected chi connectivity index (χ4v) is 4.13. The van der Waals surface area contributed by atoms with Crippen LogP contribution in [0.4, 0.5) is 0 Å². The van der Waals surface area contributed by atoms with Gasteiger partial charge in [0.2, 0.25) is 0 Å². The highest BCUT2D eigenvalue weighted by molar-refractivity contribution is 7.99. The number of hydrogen-bond donors (Lipinski definition) is 0. The van der Waals surface area contributed by atoms with Crippen molar-refractivity contribution in [1.82, 2.24) is 14.5 Å². The van der Waals surface area contributed by atoms with Gasteiger partial charge in [0.1, 0.15) is 15.7 Å². The van der Waals surface area contributed by atoms with Crippen molar-refractivity contribution in [2.45, 2.75) is 22.4 Å². The number of pyridine rings is 1.